The first kappa shape index (κ1) is 23.6. The van der Waals surface area contributed by atoms with Gasteiger partial charge in [-0.1, -0.05) is 0 Å². The summed E-state index contributed by atoms with van der Waals surface area (Å²) in [7, 11) is 0. The van der Waals surface area contributed by atoms with Crippen LogP contribution in [0.2, 0.25) is 0 Å². The molecule has 0 saturated carbocycles. The largest absolute Gasteiger partial charge is 0.388 e. The number of thiazole rings is 1. The van der Waals surface area contributed by atoms with Crippen LogP contribution in [0.4, 0.5) is 5.82 Å². The number of ether oxygens (including phenoxy) is 1. The number of anilines is 1. The van der Waals surface area contributed by atoms with E-state index in [9.17, 15) is 14.7 Å². The van der Waals surface area contributed by atoms with Gasteiger partial charge in [-0.25, -0.2) is 9.97 Å². The van der Waals surface area contributed by atoms with E-state index >= 15 is 0 Å². The first-order chi connectivity index (χ1) is 15.7. The smallest absolute Gasteiger partial charge is 0.280 e. The lowest BCUT2D eigenvalue weighted by molar-refractivity contribution is 0.0743. The van der Waals surface area contributed by atoms with Crippen molar-refractivity contribution in [2.45, 2.75) is 64.8 Å². The molecule has 10 heteroatoms. The van der Waals surface area contributed by atoms with Crippen molar-refractivity contribution in [3.8, 4) is 10.4 Å². The van der Waals surface area contributed by atoms with Gasteiger partial charge in [-0.15, -0.1) is 11.3 Å². The zero-order valence-electron chi connectivity index (χ0n) is 19.4. The van der Waals surface area contributed by atoms with Crippen LogP contribution in [0, 0.1) is 6.92 Å². The SMILES string of the molecule is Cc1cc(NC(C)C)ncc1-c1sc(C(=O)N[C@@H]2COC[C@@H]2O)nc1C(=O)N1CCC[C@@H]1C. The molecule has 2 fully saturated rings. The van der Waals surface area contributed by atoms with Crippen LogP contribution in [0.25, 0.3) is 10.4 Å². The molecular formula is C23H31N5O4S. The van der Waals surface area contributed by atoms with Gasteiger partial charge in [0.15, 0.2) is 5.01 Å². The molecule has 3 atom stereocenters. The predicted octanol–water partition coefficient (Wildman–Crippen LogP) is 2.45. The highest BCUT2D eigenvalue weighted by atomic mass is 32.1. The summed E-state index contributed by atoms with van der Waals surface area (Å²) in [6.07, 6.45) is 2.88. The van der Waals surface area contributed by atoms with Crippen molar-refractivity contribution in [3.63, 3.8) is 0 Å². The number of hydrogen-bond donors (Lipinski definition) is 3. The highest BCUT2D eigenvalue weighted by Crippen LogP contribution is 2.35. The van der Waals surface area contributed by atoms with E-state index < -0.39 is 18.1 Å². The quantitative estimate of drug-likeness (QED) is 0.590. The number of aryl methyl sites for hydroxylation is 1. The molecule has 2 amide bonds. The fourth-order valence-corrected chi connectivity index (χ4v) is 5.23. The first-order valence-corrected chi connectivity index (χ1v) is 12.2. The van der Waals surface area contributed by atoms with E-state index in [-0.39, 0.29) is 41.9 Å². The minimum absolute atomic E-state index is 0.131. The van der Waals surface area contributed by atoms with Crippen molar-refractivity contribution in [1.82, 2.24) is 20.2 Å². The van der Waals surface area contributed by atoms with Crippen molar-refractivity contribution >= 4 is 29.0 Å². The van der Waals surface area contributed by atoms with Crippen LogP contribution in [0.15, 0.2) is 12.3 Å². The lowest BCUT2D eigenvalue weighted by Gasteiger charge is -2.21. The summed E-state index contributed by atoms with van der Waals surface area (Å²) < 4.78 is 5.22. The predicted molar refractivity (Wildman–Crippen MR) is 127 cm³/mol. The molecule has 0 bridgehead atoms. The number of amides is 2. The molecule has 0 aromatic carbocycles. The Balaban J connectivity index is 1.70. The van der Waals surface area contributed by atoms with Crippen LogP contribution >= 0.6 is 11.3 Å². The number of aromatic nitrogens is 2. The molecule has 2 aromatic rings. The van der Waals surface area contributed by atoms with Crippen molar-refractivity contribution < 1.29 is 19.4 Å². The maximum absolute atomic E-state index is 13.5. The molecule has 4 heterocycles. The van der Waals surface area contributed by atoms with Gasteiger partial charge in [0.1, 0.15) is 11.5 Å². The number of likely N-dealkylation sites (tertiary alicyclic amines) is 1. The van der Waals surface area contributed by atoms with Crippen LogP contribution in [0.1, 0.15) is 59.5 Å². The van der Waals surface area contributed by atoms with E-state index in [0.717, 1.165) is 29.8 Å². The van der Waals surface area contributed by atoms with Crippen molar-refractivity contribution in [3.05, 3.63) is 28.5 Å². The average Bonchev–Trinajstić information content (AvgIpc) is 3.48. The Kier molecular flexibility index (Phi) is 6.96. The van der Waals surface area contributed by atoms with E-state index in [1.165, 1.54) is 11.3 Å². The Morgan fingerprint density at radius 1 is 1.33 bits per heavy atom. The van der Waals surface area contributed by atoms with Gasteiger partial charge < -0.3 is 25.4 Å². The van der Waals surface area contributed by atoms with Crippen LogP contribution in [-0.4, -0.2) is 75.8 Å². The van der Waals surface area contributed by atoms with Crippen LogP contribution < -0.4 is 10.6 Å². The van der Waals surface area contributed by atoms with Gasteiger partial charge in [0.25, 0.3) is 11.8 Å². The maximum atomic E-state index is 13.5. The number of pyridine rings is 1. The van der Waals surface area contributed by atoms with E-state index in [1.807, 2.05) is 38.7 Å². The fraction of sp³-hybridized carbons (Fsp3) is 0.565. The van der Waals surface area contributed by atoms with Gasteiger partial charge in [0, 0.05) is 30.4 Å². The molecule has 9 nitrogen and oxygen atoms in total. The monoisotopic (exact) mass is 473 g/mol. The first-order valence-electron chi connectivity index (χ1n) is 11.4. The lowest BCUT2D eigenvalue weighted by atomic mass is 10.1. The summed E-state index contributed by atoms with van der Waals surface area (Å²) in [6, 6.07) is 1.82. The topological polar surface area (TPSA) is 117 Å². The standard InChI is InChI=1S/C23H31N5O4S/c1-12(2)25-18-8-13(3)15(9-24-18)20-19(23(31)28-7-5-6-14(28)4)27-22(33-20)21(30)26-16-10-32-11-17(16)29/h8-9,12,14,16-17,29H,5-7,10-11H2,1-4H3,(H,24,25)(H,26,30)/t14-,16+,17-/m0/s1. The number of nitrogens with one attached hydrogen (secondary N) is 2. The normalized spacial score (nSPS) is 22.7. The molecule has 0 radical (unpaired) electrons. The van der Waals surface area contributed by atoms with E-state index in [0.29, 0.717) is 11.4 Å². The minimum atomic E-state index is -0.757. The molecule has 0 spiro atoms. The number of carbonyl (C=O) groups is 2. The number of rotatable bonds is 6. The maximum Gasteiger partial charge on any atom is 0.280 e. The Hall–Kier alpha value is -2.56. The number of nitrogens with zero attached hydrogens (tertiary/aromatic N) is 3. The third-order valence-corrected chi connectivity index (χ3v) is 7.08. The van der Waals surface area contributed by atoms with Crippen LogP contribution in [-0.2, 0) is 4.74 Å². The van der Waals surface area contributed by atoms with Gasteiger partial charge >= 0.3 is 0 Å². The molecule has 0 unspecified atom stereocenters. The summed E-state index contributed by atoms with van der Waals surface area (Å²) in [5, 5.41) is 16.2. The molecule has 0 aliphatic carbocycles. The van der Waals surface area contributed by atoms with Gasteiger partial charge in [0.05, 0.1) is 30.2 Å². The van der Waals surface area contributed by atoms with Crippen molar-refractivity contribution in [2.75, 3.05) is 25.1 Å². The minimum Gasteiger partial charge on any atom is -0.388 e. The summed E-state index contributed by atoms with van der Waals surface area (Å²) in [6.45, 7) is 9.19. The molecule has 4 rings (SSSR count). The Labute approximate surface area is 197 Å². The highest BCUT2D eigenvalue weighted by molar-refractivity contribution is 7.17. The Morgan fingerprint density at radius 3 is 2.73 bits per heavy atom. The second kappa shape index (κ2) is 9.74. The van der Waals surface area contributed by atoms with Gasteiger partial charge in [-0.2, -0.15) is 0 Å². The second-order valence-electron chi connectivity index (χ2n) is 9.05. The lowest BCUT2D eigenvalue weighted by Crippen LogP contribution is -2.42. The zero-order valence-corrected chi connectivity index (χ0v) is 20.2. The fourth-order valence-electron chi connectivity index (χ4n) is 4.20. The third-order valence-electron chi connectivity index (χ3n) is 6.00. The van der Waals surface area contributed by atoms with Crippen molar-refractivity contribution in [2.24, 2.45) is 0 Å². The highest BCUT2D eigenvalue weighted by Gasteiger charge is 2.33. The summed E-state index contributed by atoms with van der Waals surface area (Å²) >= 11 is 1.17. The molecule has 2 aromatic heterocycles. The van der Waals surface area contributed by atoms with E-state index in [1.54, 1.807) is 6.20 Å². The molecule has 2 saturated heterocycles. The molecule has 2 aliphatic heterocycles. The molecular weight excluding hydrogens is 442 g/mol. The number of hydrogen-bond acceptors (Lipinski definition) is 8. The zero-order chi connectivity index (χ0) is 23.7. The Morgan fingerprint density at radius 2 is 2.12 bits per heavy atom. The summed E-state index contributed by atoms with van der Waals surface area (Å²) in [5.41, 5.74) is 1.99. The summed E-state index contributed by atoms with van der Waals surface area (Å²) in [4.78, 5) is 37.8. The number of carbonyl (C=O) groups excluding carboxylic acids is 2. The van der Waals surface area contributed by atoms with E-state index in [4.69, 9.17) is 4.74 Å². The van der Waals surface area contributed by atoms with Crippen molar-refractivity contribution in [1.29, 1.82) is 0 Å². The second-order valence-corrected chi connectivity index (χ2v) is 10.1. The Bertz CT molecular complexity index is 1040. The van der Waals surface area contributed by atoms with Crippen LogP contribution in [0.5, 0.6) is 0 Å². The van der Waals surface area contributed by atoms with Gasteiger partial charge in [-0.05, 0) is 52.2 Å². The number of aliphatic hydroxyl groups is 1. The van der Waals surface area contributed by atoms with Crippen LogP contribution in [0.3, 0.4) is 0 Å². The summed E-state index contributed by atoms with van der Waals surface area (Å²) in [5.74, 6) is 0.163. The number of aliphatic hydroxyl groups excluding tert-OH is 1. The van der Waals surface area contributed by atoms with Gasteiger partial charge in [0.2, 0.25) is 0 Å². The van der Waals surface area contributed by atoms with Gasteiger partial charge in [-0.3, -0.25) is 9.59 Å². The molecule has 33 heavy (non-hydrogen) atoms. The molecule has 2 aliphatic rings. The molecule has 3 N–H and O–H groups in total. The van der Waals surface area contributed by atoms with E-state index in [2.05, 4.69) is 20.6 Å². The average molecular weight is 474 g/mol. The third kappa shape index (κ3) is 5.02. The molecule has 178 valence electrons.